The molecule has 0 saturated carbocycles. The Morgan fingerprint density at radius 2 is 1.97 bits per heavy atom. The Morgan fingerprint density at radius 3 is 2.62 bits per heavy atom. The Bertz CT molecular complexity index is 896. The molecule has 1 aliphatic heterocycles. The summed E-state index contributed by atoms with van der Waals surface area (Å²) in [6.07, 6.45) is 4.52. The van der Waals surface area contributed by atoms with Crippen molar-refractivity contribution in [1.29, 1.82) is 0 Å². The van der Waals surface area contributed by atoms with Gasteiger partial charge in [-0.1, -0.05) is 32.0 Å². The summed E-state index contributed by atoms with van der Waals surface area (Å²) in [5.41, 5.74) is 3.28. The minimum Gasteiger partial charge on any atom is -0.497 e. The van der Waals surface area contributed by atoms with Gasteiger partial charge >= 0.3 is 0 Å². The number of ether oxygens (including phenoxy) is 1. The molecule has 0 bridgehead atoms. The molecule has 158 valence electrons. The van der Waals surface area contributed by atoms with E-state index >= 15 is 0 Å². The molecule has 0 spiro atoms. The summed E-state index contributed by atoms with van der Waals surface area (Å²) in [7, 11) is -1.72. The van der Waals surface area contributed by atoms with Gasteiger partial charge in [-0.25, -0.2) is 0 Å². The lowest BCUT2D eigenvalue weighted by molar-refractivity contribution is 0.285. The monoisotopic (exact) mass is 417 g/mol. The molecule has 1 unspecified atom stereocenters. The van der Waals surface area contributed by atoms with Crippen LogP contribution in [-0.4, -0.2) is 55.3 Å². The molecule has 0 aliphatic carbocycles. The fourth-order valence-electron chi connectivity index (χ4n) is 3.91. The highest BCUT2D eigenvalue weighted by molar-refractivity contribution is 7.86. The maximum atomic E-state index is 12.9. The fourth-order valence-corrected chi connectivity index (χ4v) is 5.61. The van der Waals surface area contributed by atoms with Crippen molar-refractivity contribution in [3.05, 3.63) is 59.4 Å². The maximum absolute atomic E-state index is 12.9. The number of benzene rings is 1. The average Bonchev–Trinajstić information content (AvgIpc) is 2.75. The molecule has 2 heterocycles. The molecule has 3 rings (SSSR count). The van der Waals surface area contributed by atoms with Crippen LogP contribution in [-0.2, 0) is 16.6 Å². The predicted molar refractivity (Wildman–Crippen MR) is 115 cm³/mol. The van der Waals surface area contributed by atoms with Gasteiger partial charge in [0.1, 0.15) is 5.75 Å². The highest BCUT2D eigenvalue weighted by Crippen LogP contribution is 2.28. The molecule has 29 heavy (non-hydrogen) atoms. The summed E-state index contributed by atoms with van der Waals surface area (Å²) in [4.78, 5) is 4.68. The van der Waals surface area contributed by atoms with Crippen molar-refractivity contribution in [2.45, 2.75) is 39.0 Å². The minimum atomic E-state index is -3.39. The van der Waals surface area contributed by atoms with E-state index in [1.165, 1.54) is 9.87 Å². The molecule has 1 aromatic carbocycles. The molecule has 0 N–H and O–H groups in total. The van der Waals surface area contributed by atoms with E-state index in [4.69, 9.17) is 4.74 Å². The lowest BCUT2D eigenvalue weighted by Crippen LogP contribution is -2.47. The summed E-state index contributed by atoms with van der Waals surface area (Å²) >= 11 is 0. The number of methoxy groups -OCH3 is 1. The second-order valence-corrected chi connectivity index (χ2v) is 9.34. The van der Waals surface area contributed by atoms with Gasteiger partial charge in [0.2, 0.25) is 0 Å². The summed E-state index contributed by atoms with van der Waals surface area (Å²) in [6, 6.07) is 12.2. The number of hydrogen-bond donors (Lipinski definition) is 0. The van der Waals surface area contributed by atoms with Crippen molar-refractivity contribution in [3.8, 4) is 5.75 Å². The predicted octanol–water partition coefficient (Wildman–Crippen LogP) is 3.45. The number of rotatable bonds is 8. The van der Waals surface area contributed by atoms with Gasteiger partial charge in [0.05, 0.1) is 7.11 Å². The molecule has 1 fully saturated rings. The second-order valence-electron chi connectivity index (χ2n) is 7.41. The first-order chi connectivity index (χ1) is 14.0. The smallest absolute Gasteiger partial charge is 0.281 e. The Morgan fingerprint density at radius 1 is 1.17 bits per heavy atom. The molecule has 1 aliphatic rings. The van der Waals surface area contributed by atoms with E-state index in [-0.39, 0.29) is 5.92 Å². The summed E-state index contributed by atoms with van der Waals surface area (Å²) < 4.78 is 34.2. The van der Waals surface area contributed by atoms with Crippen LogP contribution in [0.1, 0.15) is 49.4 Å². The molecule has 1 atom stereocenters. The number of pyridine rings is 1. The quantitative estimate of drug-likeness (QED) is 0.660. The molecule has 1 saturated heterocycles. The van der Waals surface area contributed by atoms with Crippen molar-refractivity contribution in [1.82, 2.24) is 13.6 Å². The Kier molecular flexibility index (Phi) is 7.27. The summed E-state index contributed by atoms with van der Waals surface area (Å²) in [5, 5.41) is 0. The highest BCUT2D eigenvalue weighted by Gasteiger charge is 2.33. The first-order valence-electron chi connectivity index (χ1n) is 10.3. The number of aromatic nitrogens is 1. The van der Waals surface area contributed by atoms with E-state index < -0.39 is 10.2 Å². The topological polar surface area (TPSA) is 62.7 Å². The Hall–Kier alpha value is -1.96. The first-order valence-corrected chi connectivity index (χ1v) is 11.7. The van der Waals surface area contributed by atoms with Crippen LogP contribution in [0.2, 0.25) is 0 Å². The van der Waals surface area contributed by atoms with Crippen molar-refractivity contribution in [2.24, 2.45) is 0 Å². The molecule has 2 aromatic rings. The molecule has 0 radical (unpaired) electrons. The molecule has 1 aromatic heterocycles. The van der Waals surface area contributed by atoms with E-state index in [2.05, 4.69) is 17.1 Å². The average molecular weight is 418 g/mol. The lowest BCUT2D eigenvalue weighted by atomic mass is 9.95. The van der Waals surface area contributed by atoms with Crippen LogP contribution < -0.4 is 4.74 Å². The SMILES string of the molecule is CCN(CC)S(=O)(=O)N1CCCC(c2ccc(Cc3cccc(OC)c3)cn2)C1. The van der Waals surface area contributed by atoms with E-state index in [1.807, 2.05) is 44.3 Å². The largest absolute Gasteiger partial charge is 0.497 e. The molecule has 7 heteroatoms. The van der Waals surface area contributed by atoms with Crippen LogP contribution in [0.5, 0.6) is 5.75 Å². The zero-order valence-electron chi connectivity index (χ0n) is 17.5. The molecular weight excluding hydrogens is 386 g/mol. The van der Waals surface area contributed by atoms with E-state index in [1.54, 1.807) is 11.4 Å². The van der Waals surface area contributed by atoms with Gasteiger partial charge in [-0.05, 0) is 48.6 Å². The second kappa shape index (κ2) is 9.69. The van der Waals surface area contributed by atoms with E-state index in [9.17, 15) is 8.42 Å². The third kappa shape index (κ3) is 5.15. The van der Waals surface area contributed by atoms with Gasteiger partial charge in [-0.15, -0.1) is 0 Å². The third-order valence-electron chi connectivity index (χ3n) is 5.55. The van der Waals surface area contributed by atoms with Gasteiger partial charge in [0.15, 0.2) is 0 Å². The van der Waals surface area contributed by atoms with Gasteiger partial charge < -0.3 is 4.74 Å². The van der Waals surface area contributed by atoms with Crippen molar-refractivity contribution >= 4 is 10.2 Å². The van der Waals surface area contributed by atoms with Crippen LogP contribution in [0.25, 0.3) is 0 Å². The normalized spacial score (nSPS) is 18.1. The molecular formula is C22H31N3O3S. The minimum absolute atomic E-state index is 0.139. The van der Waals surface area contributed by atoms with Crippen LogP contribution in [0.3, 0.4) is 0 Å². The Labute approximate surface area is 174 Å². The van der Waals surface area contributed by atoms with Gasteiger partial charge in [-0.3, -0.25) is 4.98 Å². The van der Waals surface area contributed by atoms with Crippen LogP contribution in [0.4, 0.5) is 0 Å². The van der Waals surface area contributed by atoms with E-state index in [0.717, 1.165) is 36.3 Å². The summed E-state index contributed by atoms with van der Waals surface area (Å²) in [6.45, 7) is 5.84. The zero-order chi connectivity index (χ0) is 20.9. The zero-order valence-corrected chi connectivity index (χ0v) is 18.4. The lowest BCUT2D eigenvalue weighted by Gasteiger charge is -2.34. The highest BCUT2D eigenvalue weighted by atomic mass is 32.2. The van der Waals surface area contributed by atoms with E-state index in [0.29, 0.717) is 26.2 Å². The Balaban J connectivity index is 1.69. The van der Waals surface area contributed by atoms with Crippen LogP contribution in [0, 0.1) is 0 Å². The molecule has 6 nitrogen and oxygen atoms in total. The number of piperidine rings is 1. The van der Waals surface area contributed by atoms with Gasteiger partial charge in [-0.2, -0.15) is 17.0 Å². The fraction of sp³-hybridized carbons (Fsp3) is 0.500. The maximum Gasteiger partial charge on any atom is 0.281 e. The standard InChI is InChI=1S/C22H31N3O3S/c1-4-24(5-2)29(26,27)25-13-7-9-20(17-25)22-12-11-19(16-23-22)14-18-8-6-10-21(15-18)28-3/h6,8,10-12,15-16,20H,4-5,7,9,13-14,17H2,1-3H3. The van der Waals surface area contributed by atoms with Crippen molar-refractivity contribution < 1.29 is 13.2 Å². The first kappa shape index (κ1) is 21.7. The van der Waals surface area contributed by atoms with Gasteiger partial charge in [0.25, 0.3) is 10.2 Å². The third-order valence-corrected chi connectivity index (χ3v) is 7.70. The van der Waals surface area contributed by atoms with Crippen molar-refractivity contribution in [3.63, 3.8) is 0 Å². The van der Waals surface area contributed by atoms with Crippen molar-refractivity contribution in [2.75, 3.05) is 33.3 Å². The van der Waals surface area contributed by atoms with Gasteiger partial charge in [0, 0.05) is 44.0 Å². The van der Waals surface area contributed by atoms with Crippen LogP contribution in [0.15, 0.2) is 42.6 Å². The number of nitrogens with zero attached hydrogens (tertiary/aromatic N) is 3. The molecule has 0 amide bonds. The number of hydrogen-bond acceptors (Lipinski definition) is 4. The summed E-state index contributed by atoms with van der Waals surface area (Å²) in [5.74, 6) is 0.990. The van der Waals surface area contributed by atoms with Crippen LogP contribution >= 0.6 is 0 Å².